The van der Waals surface area contributed by atoms with Crippen LogP contribution in [0.25, 0.3) is 0 Å². The first-order valence-electron chi connectivity index (χ1n) is 12.6. The van der Waals surface area contributed by atoms with Gasteiger partial charge in [0.25, 0.3) is 11.8 Å². The lowest BCUT2D eigenvalue weighted by Crippen LogP contribution is -2.71. The van der Waals surface area contributed by atoms with E-state index in [1.54, 1.807) is 6.92 Å². The second-order valence-electron chi connectivity index (χ2n) is 8.87. The number of ether oxygens (including phenoxy) is 1. The van der Waals surface area contributed by atoms with Gasteiger partial charge in [0.2, 0.25) is 11.5 Å². The zero-order valence-corrected chi connectivity index (χ0v) is 25.5. The highest BCUT2D eigenvalue weighted by atomic mass is 127. The summed E-state index contributed by atoms with van der Waals surface area (Å²) >= 11 is 4.55. The number of esters is 1. The standard InChI is InChI=1S/C27H25IN6O5S2/c1-2-38-32-18(22-31-27(29)41-33-22)23(35)30-19-24(36)34-20(17(13-28)14-40-25(19)34)26(37)39-21(15-9-5-3-6-10-15)16-11-7-4-8-12-16/h3-12,19,21,25H,2,13-14H2,1H3,(H,30,35)(H2,29,31,33)/b32-18+/t19?,25-/m1/s1. The molecular weight excluding hydrogens is 679 g/mol. The van der Waals surface area contributed by atoms with Gasteiger partial charge >= 0.3 is 5.97 Å². The smallest absolute Gasteiger partial charge is 0.356 e. The Labute approximate surface area is 257 Å². The van der Waals surface area contributed by atoms with Crippen LogP contribution in [0.5, 0.6) is 0 Å². The maximum atomic E-state index is 13.8. The number of nitrogens with zero attached hydrogens (tertiary/aromatic N) is 4. The van der Waals surface area contributed by atoms with E-state index in [0.717, 1.165) is 28.2 Å². The minimum Gasteiger partial charge on any atom is -0.448 e. The Kier molecular flexibility index (Phi) is 9.19. The van der Waals surface area contributed by atoms with Crippen molar-refractivity contribution in [2.75, 3.05) is 22.5 Å². The highest BCUT2D eigenvalue weighted by molar-refractivity contribution is 14.1. The van der Waals surface area contributed by atoms with Gasteiger partial charge in [0.05, 0.1) is 0 Å². The molecule has 2 aliphatic rings. The fourth-order valence-corrected chi connectivity index (χ4v) is 7.15. The third kappa shape index (κ3) is 6.08. The molecule has 1 aromatic heterocycles. The van der Waals surface area contributed by atoms with Crippen LogP contribution in [-0.2, 0) is 24.0 Å². The average molecular weight is 705 g/mol. The number of rotatable bonds is 10. The highest BCUT2D eigenvalue weighted by Gasteiger charge is 2.55. The number of amides is 2. The molecule has 3 heterocycles. The van der Waals surface area contributed by atoms with Gasteiger partial charge in [-0.2, -0.15) is 9.36 Å². The quantitative estimate of drug-likeness (QED) is 0.0810. The van der Waals surface area contributed by atoms with Crippen molar-refractivity contribution in [2.24, 2.45) is 5.16 Å². The summed E-state index contributed by atoms with van der Waals surface area (Å²) in [7, 11) is 0. The third-order valence-electron chi connectivity index (χ3n) is 6.27. The molecule has 0 saturated carbocycles. The Hall–Kier alpha value is -3.50. The second kappa shape index (κ2) is 13.0. The van der Waals surface area contributed by atoms with Crippen molar-refractivity contribution in [3.63, 3.8) is 0 Å². The molecule has 1 saturated heterocycles. The number of fused-ring (bicyclic) bond motifs is 1. The number of nitrogens with two attached hydrogens (primary N) is 1. The number of nitrogens with one attached hydrogen (secondary N) is 1. The Balaban J connectivity index is 1.37. The summed E-state index contributed by atoms with van der Waals surface area (Å²) in [5.41, 5.74) is 8.10. The van der Waals surface area contributed by atoms with Gasteiger partial charge in [-0.25, -0.2) is 4.79 Å². The molecule has 1 fully saturated rings. The van der Waals surface area contributed by atoms with E-state index in [0.29, 0.717) is 10.2 Å². The van der Waals surface area contributed by atoms with Crippen molar-refractivity contribution in [1.29, 1.82) is 0 Å². The van der Waals surface area contributed by atoms with Crippen molar-refractivity contribution in [3.05, 3.63) is 88.9 Å². The van der Waals surface area contributed by atoms with Gasteiger partial charge < -0.3 is 20.6 Å². The van der Waals surface area contributed by atoms with Crippen LogP contribution in [0.1, 0.15) is 30.0 Å². The number of oxime groups is 1. The molecule has 2 aromatic carbocycles. The monoisotopic (exact) mass is 704 g/mol. The second-order valence-corrected chi connectivity index (χ2v) is 11.5. The summed E-state index contributed by atoms with van der Waals surface area (Å²) in [6.07, 6.45) is -0.664. The molecule has 2 aliphatic heterocycles. The number of nitrogen functional groups attached to an aromatic ring is 1. The van der Waals surface area contributed by atoms with Crippen LogP contribution in [0.3, 0.4) is 0 Å². The van der Waals surface area contributed by atoms with Crippen LogP contribution in [-0.4, -0.2) is 66.0 Å². The summed E-state index contributed by atoms with van der Waals surface area (Å²) in [6.45, 7) is 1.93. The fraction of sp³-hybridized carbons (Fsp3) is 0.259. The minimum atomic E-state index is -0.895. The maximum Gasteiger partial charge on any atom is 0.356 e. The van der Waals surface area contributed by atoms with Crippen LogP contribution in [0.4, 0.5) is 5.13 Å². The largest absolute Gasteiger partial charge is 0.448 e. The van der Waals surface area contributed by atoms with Gasteiger partial charge in [0.1, 0.15) is 23.7 Å². The predicted molar refractivity (Wildman–Crippen MR) is 164 cm³/mol. The molecule has 41 heavy (non-hydrogen) atoms. The Morgan fingerprint density at radius 1 is 1.17 bits per heavy atom. The van der Waals surface area contributed by atoms with Crippen molar-refractivity contribution >= 4 is 74.5 Å². The topological polar surface area (TPSA) is 149 Å². The molecule has 0 bridgehead atoms. The first kappa shape index (κ1) is 29.0. The Morgan fingerprint density at radius 3 is 2.39 bits per heavy atom. The van der Waals surface area contributed by atoms with Crippen LogP contribution in [0.2, 0.25) is 0 Å². The molecule has 5 rings (SSSR count). The predicted octanol–water partition coefficient (Wildman–Crippen LogP) is 3.28. The number of aromatic nitrogens is 2. The molecule has 0 spiro atoms. The normalized spacial score (nSPS) is 18.6. The molecule has 1 unspecified atom stereocenters. The molecule has 14 heteroatoms. The van der Waals surface area contributed by atoms with E-state index in [9.17, 15) is 14.4 Å². The maximum absolute atomic E-state index is 13.8. The van der Waals surface area contributed by atoms with E-state index >= 15 is 0 Å². The number of halogens is 1. The molecular formula is C27H25IN6O5S2. The van der Waals surface area contributed by atoms with E-state index in [1.165, 1.54) is 16.7 Å². The lowest BCUT2D eigenvalue weighted by atomic mass is 10.0. The van der Waals surface area contributed by atoms with Gasteiger partial charge in [-0.3, -0.25) is 14.5 Å². The van der Waals surface area contributed by atoms with Crippen molar-refractivity contribution in [3.8, 4) is 0 Å². The number of carbonyl (C=O) groups excluding carboxylic acids is 3. The van der Waals surface area contributed by atoms with Crippen LogP contribution in [0, 0.1) is 0 Å². The van der Waals surface area contributed by atoms with Gasteiger partial charge in [-0.1, -0.05) is 88.4 Å². The van der Waals surface area contributed by atoms with E-state index < -0.39 is 35.3 Å². The van der Waals surface area contributed by atoms with Gasteiger partial charge in [0, 0.05) is 21.7 Å². The third-order valence-corrected chi connectivity index (χ3v) is 9.07. The number of carbonyl (C=O) groups is 3. The number of β-lactam (4-membered cyclic amide) rings is 1. The molecule has 2 amide bonds. The average Bonchev–Trinajstić information content (AvgIpc) is 3.44. The van der Waals surface area contributed by atoms with Crippen molar-refractivity contribution < 1.29 is 24.0 Å². The lowest BCUT2D eigenvalue weighted by Gasteiger charge is -2.49. The summed E-state index contributed by atoms with van der Waals surface area (Å²) in [5, 5.41) is 6.21. The number of hydrogen-bond donors (Lipinski definition) is 2. The molecule has 2 atom stereocenters. The highest BCUT2D eigenvalue weighted by Crippen LogP contribution is 2.42. The van der Waals surface area contributed by atoms with E-state index in [-0.39, 0.29) is 29.0 Å². The number of benzene rings is 2. The van der Waals surface area contributed by atoms with Crippen LogP contribution >= 0.6 is 45.9 Å². The summed E-state index contributed by atoms with van der Waals surface area (Å²) in [4.78, 5) is 50.9. The molecule has 212 valence electrons. The van der Waals surface area contributed by atoms with Crippen molar-refractivity contribution in [2.45, 2.75) is 24.4 Å². The summed E-state index contributed by atoms with van der Waals surface area (Å²) in [6, 6.07) is 18.0. The zero-order valence-electron chi connectivity index (χ0n) is 21.7. The minimum absolute atomic E-state index is 0.00241. The molecule has 0 radical (unpaired) electrons. The van der Waals surface area contributed by atoms with E-state index in [1.807, 2.05) is 60.7 Å². The first-order chi connectivity index (χ1) is 19.9. The molecule has 3 aromatic rings. The van der Waals surface area contributed by atoms with Gasteiger partial charge in [-0.15, -0.1) is 11.8 Å². The first-order valence-corrected chi connectivity index (χ1v) is 15.9. The van der Waals surface area contributed by atoms with Crippen molar-refractivity contribution in [1.82, 2.24) is 19.6 Å². The fourth-order valence-electron chi connectivity index (χ4n) is 4.38. The van der Waals surface area contributed by atoms with E-state index in [2.05, 4.69) is 42.4 Å². The Morgan fingerprint density at radius 2 is 1.83 bits per heavy atom. The van der Waals surface area contributed by atoms with Crippen LogP contribution < -0.4 is 11.1 Å². The zero-order chi connectivity index (χ0) is 28.9. The number of thioether (sulfide) groups is 1. The summed E-state index contributed by atoms with van der Waals surface area (Å²) < 4.78 is 10.7. The Bertz CT molecular complexity index is 1460. The van der Waals surface area contributed by atoms with Gasteiger partial charge in [0.15, 0.2) is 11.2 Å². The number of alkyl halides is 1. The number of anilines is 1. The number of hydrogen-bond acceptors (Lipinski definition) is 11. The molecule has 0 aliphatic carbocycles. The summed E-state index contributed by atoms with van der Waals surface area (Å²) in [5.74, 6) is -1.21. The van der Waals surface area contributed by atoms with Crippen LogP contribution in [0.15, 0.2) is 77.1 Å². The molecule has 3 N–H and O–H groups in total. The van der Waals surface area contributed by atoms with Gasteiger partial charge in [-0.05, 0) is 23.6 Å². The lowest BCUT2D eigenvalue weighted by molar-refractivity contribution is -0.154. The SMILES string of the molecule is CCO/N=C(/C(=O)NC1C(=O)N2C(C(=O)OC(c3ccccc3)c3ccccc3)=C(CI)CS[C@H]12)c1nsc(N)n1. The van der Waals surface area contributed by atoms with E-state index in [4.69, 9.17) is 15.3 Å². The molecule has 11 nitrogen and oxygen atoms in total.